The van der Waals surface area contributed by atoms with Gasteiger partial charge < -0.3 is 10.8 Å². The van der Waals surface area contributed by atoms with Gasteiger partial charge in [0, 0.05) is 6.07 Å². The summed E-state index contributed by atoms with van der Waals surface area (Å²) < 4.78 is 1.68. The predicted octanol–water partition coefficient (Wildman–Crippen LogP) is 3.74. The van der Waals surface area contributed by atoms with Crippen LogP contribution >= 0.6 is 0 Å². The fraction of sp³-hybridized carbons (Fsp3) is 0.222. The molecule has 0 radical (unpaired) electrons. The van der Waals surface area contributed by atoms with Crippen LogP contribution in [-0.4, -0.2) is 19.9 Å². The normalized spacial score (nSPS) is 10.8. The molecule has 0 bridgehead atoms. The summed E-state index contributed by atoms with van der Waals surface area (Å²) in [5.41, 5.74) is 9.37. The summed E-state index contributed by atoms with van der Waals surface area (Å²) in [6.45, 7) is 3.98. The molecule has 0 saturated heterocycles. The number of nitroso groups, excluding NO2 is 1. The highest BCUT2D eigenvalue weighted by atomic mass is 16.3. The molecule has 0 atom stereocenters. The fourth-order valence-electron chi connectivity index (χ4n) is 2.81. The molecular formula is C18H19N5O2. The molecule has 128 valence electrons. The van der Waals surface area contributed by atoms with Crippen molar-refractivity contribution in [2.24, 2.45) is 5.18 Å². The highest BCUT2D eigenvalue weighted by Gasteiger charge is 2.19. The molecular weight excluding hydrogens is 318 g/mol. The first-order valence-electron chi connectivity index (χ1n) is 8.08. The van der Waals surface area contributed by atoms with Crippen LogP contribution in [0, 0.1) is 4.91 Å². The van der Waals surface area contributed by atoms with E-state index in [0.29, 0.717) is 17.8 Å². The van der Waals surface area contributed by atoms with E-state index in [-0.39, 0.29) is 17.4 Å². The van der Waals surface area contributed by atoms with Crippen LogP contribution in [0.3, 0.4) is 0 Å². The first-order valence-corrected chi connectivity index (χ1v) is 8.08. The zero-order valence-electron chi connectivity index (χ0n) is 14.1. The molecule has 0 unspecified atom stereocenters. The Morgan fingerprint density at radius 1 is 1.16 bits per heavy atom. The third-order valence-corrected chi connectivity index (χ3v) is 4.18. The van der Waals surface area contributed by atoms with Gasteiger partial charge in [0.15, 0.2) is 5.82 Å². The van der Waals surface area contributed by atoms with Gasteiger partial charge in [-0.2, -0.15) is 0 Å². The lowest BCUT2D eigenvalue weighted by atomic mass is 10.0. The van der Waals surface area contributed by atoms with Crippen LogP contribution in [0.2, 0.25) is 0 Å². The van der Waals surface area contributed by atoms with Crippen molar-refractivity contribution in [1.82, 2.24) is 14.8 Å². The van der Waals surface area contributed by atoms with Crippen molar-refractivity contribution in [3.05, 3.63) is 52.4 Å². The second kappa shape index (κ2) is 6.72. The van der Waals surface area contributed by atoms with Crippen LogP contribution in [0.5, 0.6) is 5.75 Å². The van der Waals surface area contributed by atoms with Gasteiger partial charge in [0.1, 0.15) is 11.4 Å². The van der Waals surface area contributed by atoms with Crippen molar-refractivity contribution in [3.8, 4) is 22.8 Å². The number of nitrogens with zero attached hydrogens (tertiary/aromatic N) is 4. The van der Waals surface area contributed by atoms with Gasteiger partial charge in [0.25, 0.3) is 0 Å². The van der Waals surface area contributed by atoms with E-state index < -0.39 is 0 Å². The van der Waals surface area contributed by atoms with E-state index in [9.17, 15) is 10.0 Å². The number of aromatic nitrogens is 3. The van der Waals surface area contributed by atoms with Gasteiger partial charge in [-0.1, -0.05) is 26.0 Å². The minimum absolute atomic E-state index is 0.0907. The van der Waals surface area contributed by atoms with Gasteiger partial charge in [-0.15, -0.1) is 15.1 Å². The van der Waals surface area contributed by atoms with Gasteiger partial charge >= 0.3 is 0 Å². The molecule has 3 aromatic rings. The second-order valence-corrected chi connectivity index (χ2v) is 5.68. The maximum atomic E-state index is 10.9. The molecule has 3 N–H and O–H groups in total. The lowest BCUT2D eigenvalue weighted by molar-refractivity contribution is 0.476. The van der Waals surface area contributed by atoms with Crippen molar-refractivity contribution >= 4 is 11.6 Å². The summed E-state index contributed by atoms with van der Waals surface area (Å²) in [5.74, 6) is 0.542. The maximum Gasteiger partial charge on any atom is 0.226 e. The molecule has 2 aromatic carbocycles. The van der Waals surface area contributed by atoms with E-state index in [0.717, 1.165) is 23.2 Å². The molecule has 0 aliphatic carbocycles. The van der Waals surface area contributed by atoms with Crippen LogP contribution in [0.15, 0.2) is 41.6 Å². The number of phenols is 1. The van der Waals surface area contributed by atoms with Crippen LogP contribution in [-0.2, 0) is 12.8 Å². The molecule has 3 rings (SSSR count). The number of aryl methyl sites for hydroxylation is 2. The molecule has 0 fully saturated rings. The Labute approximate surface area is 145 Å². The summed E-state index contributed by atoms with van der Waals surface area (Å²) in [6.07, 6.45) is 1.49. The van der Waals surface area contributed by atoms with E-state index in [1.807, 2.05) is 31.2 Å². The monoisotopic (exact) mass is 337 g/mol. The zero-order valence-corrected chi connectivity index (χ0v) is 14.1. The van der Waals surface area contributed by atoms with Crippen molar-refractivity contribution < 1.29 is 5.11 Å². The summed E-state index contributed by atoms with van der Waals surface area (Å²) in [4.78, 5) is 10.9. The molecule has 7 nitrogen and oxygen atoms in total. The Balaban J connectivity index is 2.22. The molecule has 1 aromatic heterocycles. The molecule has 0 spiro atoms. The Kier molecular flexibility index (Phi) is 4.47. The van der Waals surface area contributed by atoms with E-state index in [2.05, 4.69) is 22.3 Å². The first kappa shape index (κ1) is 16.6. The Morgan fingerprint density at radius 3 is 2.64 bits per heavy atom. The summed E-state index contributed by atoms with van der Waals surface area (Å²) >= 11 is 0. The second-order valence-electron chi connectivity index (χ2n) is 5.68. The highest BCUT2D eigenvalue weighted by molar-refractivity contribution is 5.72. The van der Waals surface area contributed by atoms with Crippen LogP contribution in [0.1, 0.15) is 25.0 Å². The molecule has 25 heavy (non-hydrogen) atoms. The largest absolute Gasteiger partial charge is 0.507 e. The van der Waals surface area contributed by atoms with Crippen molar-refractivity contribution in [1.29, 1.82) is 0 Å². The van der Waals surface area contributed by atoms with Gasteiger partial charge in [0.05, 0.1) is 11.3 Å². The Morgan fingerprint density at radius 2 is 1.96 bits per heavy atom. The van der Waals surface area contributed by atoms with Crippen LogP contribution < -0.4 is 5.73 Å². The minimum Gasteiger partial charge on any atom is -0.507 e. The molecule has 1 heterocycles. The van der Waals surface area contributed by atoms with Gasteiger partial charge in [0.2, 0.25) is 5.95 Å². The number of aromatic hydroxyl groups is 1. The number of hydrogen-bond donors (Lipinski definition) is 2. The molecule has 0 aliphatic rings. The van der Waals surface area contributed by atoms with E-state index in [1.165, 1.54) is 6.07 Å². The first-order chi connectivity index (χ1) is 12.1. The third-order valence-electron chi connectivity index (χ3n) is 4.18. The van der Waals surface area contributed by atoms with Crippen molar-refractivity contribution in [2.45, 2.75) is 26.7 Å². The smallest absolute Gasteiger partial charge is 0.226 e. The van der Waals surface area contributed by atoms with Gasteiger partial charge in [-0.25, -0.2) is 0 Å². The average Bonchev–Trinajstić information content (AvgIpc) is 3.02. The van der Waals surface area contributed by atoms with E-state index >= 15 is 0 Å². The minimum atomic E-state index is -0.0907. The van der Waals surface area contributed by atoms with Gasteiger partial charge in [-0.05, 0) is 47.3 Å². The molecule has 0 saturated carbocycles. The number of anilines is 1. The number of nitrogen functional groups attached to an aromatic ring is 1. The van der Waals surface area contributed by atoms with Crippen LogP contribution in [0.25, 0.3) is 17.1 Å². The molecule has 0 aliphatic heterocycles. The number of rotatable bonds is 5. The topological polar surface area (TPSA) is 106 Å². The van der Waals surface area contributed by atoms with E-state index in [1.54, 1.807) is 10.6 Å². The third kappa shape index (κ3) is 2.96. The summed E-state index contributed by atoms with van der Waals surface area (Å²) in [7, 11) is 0. The lowest BCUT2D eigenvalue weighted by Crippen LogP contribution is -2.03. The highest BCUT2D eigenvalue weighted by Crippen LogP contribution is 2.36. The van der Waals surface area contributed by atoms with Crippen molar-refractivity contribution in [2.75, 3.05) is 5.73 Å². The van der Waals surface area contributed by atoms with Crippen molar-refractivity contribution in [3.63, 3.8) is 0 Å². The molecule has 0 amide bonds. The van der Waals surface area contributed by atoms with Crippen LogP contribution in [0.4, 0.5) is 11.6 Å². The number of hydrogen-bond acceptors (Lipinski definition) is 6. The number of nitrogens with two attached hydrogens (primary N) is 1. The van der Waals surface area contributed by atoms with Gasteiger partial charge in [-0.3, -0.25) is 4.57 Å². The molecule has 7 heteroatoms. The Bertz CT molecular complexity index is 933. The fourth-order valence-corrected chi connectivity index (χ4v) is 2.81. The Hall–Kier alpha value is -3.22. The van der Waals surface area contributed by atoms with E-state index in [4.69, 9.17) is 5.73 Å². The number of phenolic OH excluding ortho intramolecular Hbond substituents is 1. The predicted molar refractivity (Wildman–Crippen MR) is 97.1 cm³/mol. The maximum absolute atomic E-state index is 10.9. The zero-order chi connectivity index (χ0) is 18.0. The summed E-state index contributed by atoms with van der Waals surface area (Å²) in [5, 5.41) is 21.4. The number of benzene rings is 2. The summed E-state index contributed by atoms with van der Waals surface area (Å²) in [6, 6.07) is 10.9. The standard InChI is InChI=1S/C18H19N5O2/c1-3-11-6-5-7-13(8-11)23-17(20-21-18(23)19)14-9-12(4-2)15(22-25)10-16(14)24/h5-10,24H,3-4H2,1-2H3,(H2,19,21). The average molecular weight is 337 g/mol. The lowest BCUT2D eigenvalue weighted by Gasteiger charge is -2.12. The quantitative estimate of drug-likeness (QED) is 0.690. The SMILES string of the molecule is CCc1cccc(-n2c(N)nnc2-c2cc(CC)c(N=O)cc2O)c1.